The Morgan fingerprint density at radius 2 is 1.00 bits per heavy atom. The highest BCUT2D eigenvalue weighted by Gasteiger charge is 2.25. The van der Waals surface area contributed by atoms with Crippen LogP contribution in [0.2, 0.25) is 0 Å². The number of methoxy groups -OCH3 is 2. The smallest absolute Gasteiger partial charge is 0.394 e. The lowest BCUT2D eigenvalue weighted by Crippen LogP contribution is -2.44. The van der Waals surface area contributed by atoms with Crippen molar-refractivity contribution in [3.8, 4) is 0 Å². The molecule has 0 saturated heterocycles. The summed E-state index contributed by atoms with van der Waals surface area (Å²) in [5, 5.41) is 21.0. The van der Waals surface area contributed by atoms with Crippen LogP contribution in [0.25, 0.3) is 0 Å². The average Bonchev–Trinajstić information content (AvgIpc) is 3.02. The zero-order valence-corrected chi connectivity index (χ0v) is 33.5. The first-order valence-corrected chi connectivity index (χ1v) is 16.2. The molecule has 0 unspecified atom stereocenters. The number of carboxylic acid groups (broad SMARTS) is 1. The van der Waals surface area contributed by atoms with Gasteiger partial charge in [-0.25, -0.2) is 9.59 Å². The Balaban J connectivity index is 0. The molecular weight excluding hydrogens is 728 g/mol. The van der Waals surface area contributed by atoms with Crippen molar-refractivity contribution < 1.29 is 52.9 Å². The van der Waals surface area contributed by atoms with Crippen molar-refractivity contribution in [3.63, 3.8) is 0 Å². The largest absolute Gasteiger partial charge is 0.474 e. The number of carbonyl (C=O) groups is 8. The molecule has 0 saturated carbocycles. The van der Waals surface area contributed by atoms with Gasteiger partial charge in [-0.2, -0.15) is 0 Å². The predicted octanol–water partition coefficient (Wildman–Crippen LogP) is 3.45. The van der Waals surface area contributed by atoms with Crippen LogP contribution >= 0.6 is 12.4 Å². The third-order valence-electron chi connectivity index (χ3n) is 6.67. The lowest BCUT2D eigenvalue weighted by Gasteiger charge is -2.24. The zero-order valence-electron chi connectivity index (χ0n) is 32.6. The van der Waals surface area contributed by atoms with Crippen LogP contribution in [-0.4, -0.2) is 78.9 Å². The normalized spacial score (nSPS) is 11.4. The molecule has 0 radical (unpaired) electrons. The predicted molar refractivity (Wildman–Crippen MR) is 206 cm³/mol. The van der Waals surface area contributed by atoms with E-state index < -0.39 is 41.7 Å². The number of esters is 2. The van der Waals surface area contributed by atoms with Gasteiger partial charge in [-0.1, -0.05) is 53.7 Å². The van der Waals surface area contributed by atoms with Gasteiger partial charge in [0.25, 0.3) is 0 Å². The topological polar surface area (TPSA) is 261 Å². The molecular formula is C36H53ClN6O11. The number of hydrogen-bond donors (Lipinski definition) is 7. The molecule has 17 nitrogen and oxygen atoms in total. The molecule has 8 N–H and O–H groups in total. The summed E-state index contributed by atoms with van der Waals surface area (Å²) in [6.45, 7) is 17.4. The summed E-state index contributed by atoms with van der Waals surface area (Å²) in [6, 6.07) is 8.63. The van der Waals surface area contributed by atoms with Crippen molar-refractivity contribution in [3.05, 3.63) is 47.5 Å². The molecule has 5 amide bonds. The summed E-state index contributed by atoms with van der Waals surface area (Å²) >= 11 is 0. The number of hydrogen-bond acceptors (Lipinski definition) is 11. The van der Waals surface area contributed by atoms with Gasteiger partial charge in [-0.15, -0.1) is 12.4 Å². The van der Waals surface area contributed by atoms with Crippen molar-refractivity contribution in [2.75, 3.05) is 35.5 Å². The quantitative estimate of drug-likeness (QED) is 0.157. The third kappa shape index (κ3) is 18.3. The molecule has 2 atom stereocenters. The Kier molecular flexibility index (Phi) is 21.1. The van der Waals surface area contributed by atoms with Gasteiger partial charge in [0.05, 0.1) is 14.2 Å². The Morgan fingerprint density at radius 1 is 0.630 bits per heavy atom. The molecule has 0 aliphatic heterocycles. The van der Waals surface area contributed by atoms with Crippen molar-refractivity contribution in [2.45, 2.75) is 92.2 Å². The second-order valence-corrected chi connectivity index (χ2v) is 13.6. The molecule has 2 rings (SSSR count). The first-order chi connectivity index (χ1) is 24.2. The van der Waals surface area contributed by atoms with Gasteiger partial charge in [0.15, 0.2) is 0 Å². The third-order valence-corrected chi connectivity index (χ3v) is 6.67. The number of nitrogens with one attached hydrogen (secondary N) is 5. The number of amides is 5. The summed E-state index contributed by atoms with van der Waals surface area (Å²) in [7, 11) is 2.50. The summed E-state index contributed by atoms with van der Waals surface area (Å²) in [5.41, 5.74) is 7.79. The van der Waals surface area contributed by atoms with Crippen LogP contribution in [0.4, 0.5) is 22.7 Å². The fraction of sp³-hybridized carbons (Fsp3) is 0.444. The van der Waals surface area contributed by atoms with Gasteiger partial charge >= 0.3 is 35.6 Å². The Morgan fingerprint density at radius 3 is 1.28 bits per heavy atom. The van der Waals surface area contributed by atoms with E-state index in [0.29, 0.717) is 22.7 Å². The Labute approximate surface area is 321 Å². The molecule has 0 heterocycles. The highest BCUT2D eigenvalue weighted by atomic mass is 35.5. The zero-order chi connectivity index (χ0) is 41.4. The number of benzene rings is 2. The number of carboxylic acids is 1. The molecule has 2 aromatic rings. The lowest BCUT2D eigenvalue weighted by atomic mass is 9.85. The Hall–Kier alpha value is -5.55. The van der Waals surface area contributed by atoms with E-state index in [1.807, 2.05) is 41.5 Å². The summed E-state index contributed by atoms with van der Waals surface area (Å²) < 4.78 is 8.75. The Bertz CT molecular complexity index is 1680. The second kappa shape index (κ2) is 22.5. The van der Waals surface area contributed by atoms with Crippen molar-refractivity contribution >= 4 is 82.6 Å². The monoisotopic (exact) mass is 780 g/mol. The fourth-order valence-electron chi connectivity index (χ4n) is 4.20. The maximum Gasteiger partial charge on any atom is 0.394 e. The van der Waals surface area contributed by atoms with Gasteiger partial charge in [0.1, 0.15) is 12.1 Å². The van der Waals surface area contributed by atoms with Crippen LogP contribution in [0.1, 0.15) is 80.4 Å². The van der Waals surface area contributed by atoms with E-state index in [2.05, 4.69) is 36.1 Å². The number of carbonyl (C=O) groups excluding carboxylic acids is 7. The number of anilines is 4. The molecule has 0 aliphatic rings. The molecule has 0 fully saturated rings. The van der Waals surface area contributed by atoms with Crippen LogP contribution in [0, 0.1) is 0 Å². The lowest BCUT2D eigenvalue weighted by molar-refractivity contribution is -0.147. The number of rotatable bonds is 7. The highest BCUT2D eigenvalue weighted by molar-refractivity contribution is 6.40. The van der Waals surface area contributed by atoms with Crippen molar-refractivity contribution in [1.82, 2.24) is 5.32 Å². The maximum absolute atomic E-state index is 12.2. The van der Waals surface area contributed by atoms with Gasteiger partial charge in [0.2, 0.25) is 11.8 Å². The standard InChI is InChI=1S/C18H25N3O5.C14H18N2O4.C4H9NO2.ClH/c1-10(17(25)26-6)19-15(23)16(24)21-14-9-12(20-11(2)22)7-8-13(14)18(3,4)5;1-8(17)15-9-5-6-10(14(2,3)4)11(7-9)16-12(18)13(19)20;1-3(5)4(6)7-2;/h7-10H,1-6H3,(H,19,23)(H,20,22)(H,21,24);5-7H,1-4H3,(H,15,17)(H,16,18)(H,19,20);3H,5H2,1-2H3;1H/t10-;;3-;/m0.0./s1. The molecule has 2 aromatic carbocycles. The van der Waals surface area contributed by atoms with E-state index in [9.17, 15) is 38.4 Å². The minimum atomic E-state index is -1.56. The number of nitrogens with two attached hydrogens (primary N) is 1. The van der Waals surface area contributed by atoms with Crippen LogP contribution in [-0.2, 0) is 58.7 Å². The summed E-state index contributed by atoms with van der Waals surface area (Å²) in [6.07, 6.45) is 0. The SMILES string of the molecule is CC(=O)Nc1ccc(C(C)(C)C)c(NC(=O)C(=O)O)c1.COC(=O)[C@H](C)N.COC(=O)[C@H](C)NC(=O)C(=O)Nc1cc(NC(C)=O)ccc1C(C)(C)C.Cl. The van der Waals surface area contributed by atoms with E-state index in [1.165, 1.54) is 35.0 Å². The number of halogens is 1. The number of ether oxygens (including phenoxy) is 2. The van der Waals surface area contributed by atoms with E-state index in [-0.39, 0.29) is 41.0 Å². The van der Waals surface area contributed by atoms with Gasteiger partial charge in [-0.05, 0) is 60.1 Å². The van der Waals surface area contributed by atoms with Crippen LogP contribution in [0.5, 0.6) is 0 Å². The van der Waals surface area contributed by atoms with E-state index in [1.54, 1.807) is 43.3 Å². The number of aliphatic carboxylic acids is 1. The van der Waals surface area contributed by atoms with Gasteiger partial charge < -0.3 is 46.9 Å². The van der Waals surface area contributed by atoms with E-state index >= 15 is 0 Å². The van der Waals surface area contributed by atoms with Crippen molar-refractivity contribution in [2.24, 2.45) is 5.73 Å². The van der Waals surface area contributed by atoms with Gasteiger partial charge in [0, 0.05) is 36.6 Å². The fourth-order valence-corrected chi connectivity index (χ4v) is 4.20. The van der Waals surface area contributed by atoms with Crippen molar-refractivity contribution in [1.29, 1.82) is 0 Å². The maximum atomic E-state index is 12.2. The minimum Gasteiger partial charge on any atom is -0.474 e. The molecule has 0 spiro atoms. The second-order valence-electron chi connectivity index (χ2n) is 13.6. The van der Waals surface area contributed by atoms with E-state index in [0.717, 1.165) is 11.1 Å². The van der Waals surface area contributed by atoms with Crippen LogP contribution < -0.4 is 32.3 Å². The van der Waals surface area contributed by atoms with Gasteiger partial charge in [-0.3, -0.25) is 28.8 Å². The summed E-state index contributed by atoms with van der Waals surface area (Å²) in [4.78, 5) is 90.0. The first-order valence-electron chi connectivity index (χ1n) is 16.2. The molecule has 300 valence electrons. The first kappa shape index (κ1) is 50.6. The summed E-state index contributed by atoms with van der Waals surface area (Å²) in [5.74, 6) is -6.10. The van der Waals surface area contributed by atoms with E-state index in [4.69, 9.17) is 10.8 Å². The molecule has 0 aromatic heterocycles. The van der Waals surface area contributed by atoms with Crippen LogP contribution in [0.3, 0.4) is 0 Å². The minimum absolute atomic E-state index is 0. The molecule has 18 heteroatoms. The highest BCUT2D eigenvalue weighted by Crippen LogP contribution is 2.33. The van der Waals surface area contributed by atoms with Crippen LogP contribution in [0.15, 0.2) is 36.4 Å². The molecule has 0 bridgehead atoms. The average molecular weight is 781 g/mol. The molecule has 0 aliphatic carbocycles. The molecule has 54 heavy (non-hydrogen) atoms.